The molecule has 0 aliphatic carbocycles. The summed E-state index contributed by atoms with van der Waals surface area (Å²) < 4.78 is 66.0. The van der Waals surface area contributed by atoms with E-state index in [0.29, 0.717) is 25.7 Å². The van der Waals surface area contributed by atoms with Gasteiger partial charge < -0.3 is 33.8 Å². The van der Waals surface area contributed by atoms with E-state index in [1.54, 1.807) is 6.92 Å². The molecule has 3 N–H and O–H groups in total. The zero-order chi connectivity index (χ0) is 48.4. The molecule has 0 aromatic heterocycles. The first-order valence-corrected chi connectivity index (χ1v) is 27.8. The molecule has 0 aliphatic rings. The predicted octanol–water partition coefficient (Wildman–Crippen LogP) is 10.9. The van der Waals surface area contributed by atoms with Crippen LogP contribution in [0.15, 0.2) is 0 Å². The molecule has 0 saturated heterocycles. The van der Waals surface area contributed by atoms with E-state index in [4.69, 9.17) is 37.0 Å². The molecule has 17 nitrogen and oxygen atoms in total. The Morgan fingerprint density at radius 2 is 0.646 bits per heavy atom. The molecule has 0 radical (unpaired) electrons. The van der Waals surface area contributed by atoms with Crippen LogP contribution in [0.5, 0.6) is 0 Å². The summed E-state index contributed by atoms with van der Waals surface area (Å²) in [5.41, 5.74) is 0. The zero-order valence-corrected chi connectivity index (χ0v) is 42.2. The molecule has 0 aliphatic heterocycles. The molecular formula is C46H88O17P2. The Morgan fingerprint density at radius 1 is 0.369 bits per heavy atom. The average molecular weight is 975 g/mol. The number of hydrogen-bond donors (Lipinski definition) is 3. The molecule has 0 fully saturated rings. The maximum Gasteiger partial charge on any atom is 0.472 e. The molecular weight excluding hydrogens is 886 g/mol. The Labute approximate surface area is 390 Å². The second-order valence-corrected chi connectivity index (χ2v) is 19.7. The molecule has 5 atom stereocenters. The minimum Gasteiger partial charge on any atom is -0.462 e. The third kappa shape index (κ3) is 41.9. The molecule has 65 heavy (non-hydrogen) atoms. The van der Waals surface area contributed by atoms with Crippen molar-refractivity contribution >= 4 is 39.5 Å². The largest absolute Gasteiger partial charge is 0.472 e. The van der Waals surface area contributed by atoms with E-state index >= 15 is 0 Å². The van der Waals surface area contributed by atoms with Gasteiger partial charge in [-0.3, -0.25) is 37.3 Å². The second-order valence-electron chi connectivity index (χ2n) is 16.8. The summed E-state index contributed by atoms with van der Waals surface area (Å²) in [7, 11) is -9.80. The van der Waals surface area contributed by atoms with E-state index in [9.17, 15) is 43.2 Å². The lowest BCUT2D eigenvalue weighted by Crippen LogP contribution is -2.30. The van der Waals surface area contributed by atoms with Gasteiger partial charge in [0, 0.05) is 25.7 Å². The van der Waals surface area contributed by atoms with Gasteiger partial charge in [0.25, 0.3) is 0 Å². The number of carbonyl (C=O) groups is 4. The van der Waals surface area contributed by atoms with Crippen LogP contribution in [-0.4, -0.2) is 96.7 Å². The maximum atomic E-state index is 12.7. The fourth-order valence-electron chi connectivity index (χ4n) is 6.49. The summed E-state index contributed by atoms with van der Waals surface area (Å²) in [4.78, 5) is 69.8. The molecule has 0 rings (SSSR count). The third-order valence-corrected chi connectivity index (χ3v) is 12.2. The van der Waals surface area contributed by atoms with Crippen molar-refractivity contribution < 1.29 is 80.2 Å². The van der Waals surface area contributed by atoms with Crippen molar-refractivity contribution in [3.05, 3.63) is 0 Å². The number of esters is 4. The lowest BCUT2D eigenvalue weighted by Gasteiger charge is -2.21. The number of phosphoric acid groups is 2. The minimum absolute atomic E-state index is 0.0526. The standard InChI is InChI=1S/C46H88O17P2/c1-5-9-12-14-16-17-18-19-20-21-22-23-24-26-28-32-44(49)57-37-42(63-46(51)33-29-25-15-13-10-6-2)39-61-65(54,55)59-35-40(47)34-58-64(52,53)60-38-41(62-45(50)30-8-4)36-56-43(48)31-27-11-7-3/h40-42,47H,5-39H2,1-4H3,(H,52,53)(H,54,55)/t40-,41-,42-/m1/s1. The van der Waals surface area contributed by atoms with Gasteiger partial charge in [0.05, 0.1) is 26.4 Å². The number of unbranched alkanes of at least 4 members (excludes halogenated alkanes) is 21. The highest BCUT2D eigenvalue weighted by molar-refractivity contribution is 7.47. The molecule has 0 aromatic rings. The summed E-state index contributed by atoms with van der Waals surface area (Å²) >= 11 is 0. The summed E-state index contributed by atoms with van der Waals surface area (Å²) in [5, 5.41) is 10.3. The number of hydrogen-bond acceptors (Lipinski definition) is 15. The Morgan fingerprint density at radius 3 is 1.00 bits per heavy atom. The Kier molecular flexibility index (Phi) is 40.9. The van der Waals surface area contributed by atoms with E-state index in [-0.39, 0.29) is 25.7 Å². The first kappa shape index (κ1) is 63.1. The number of ether oxygens (including phenoxy) is 4. The summed E-state index contributed by atoms with van der Waals surface area (Å²) in [6.45, 7) is 4.09. The Balaban J connectivity index is 4.88. The highest BCUT2D eigenvalue weighted by Crippen LogP contribution is 2.45. The minimum atomic E-state index is -4.91. The molecule has 0 amide bonds. The molecule has 0 aromatic carbocycles. The Hall–Kier alpha value is -1.94. The second kappa shape index (κ2) is 42.2. The molecule has 2 unspecified atom stereocenters. The first-order chi connectivity index (χ1) is 31.2. The van der Waals surface area contributed by atoms with Crippen molar-refractivity contribution in [1.82, 2.24) is 0 Å². The van der Waals surface area contributed by atoms with Crippen LogP contribution in [0.2, 0.25) is 0 Å². The van der Waals surface area contributed by atoms with E-state index in [1.165, 1.54) is 70.6 Å². The normalized spacial score (nSPS) is 14.8. The molecule has 0 saturated carbocycles. The fourth-order valence-corrected chi connectivity index (χ4v) is 8.07. The summed E-state index contributed by atoms with van der Waals surface area (Å²) in [5.74, 6) is -2.25. The first-order valence-electron chi connectivity index (χ1n) is 24.8. The fraction of sp³-hybridized carbons (Fsp3) is 0.913. The van der Waals surface area contributed by atoms with Crippen molar-refractivity contribution in [2.75, 3.05) is 39.6 Å². The number of rotatable bonds is 47. The summed E-state index contributed by atoms with van der Waals surface area (Å²) in [6, 6.07) is 0. The van der Waals surface area contributed by atoms with Crippen LogP contribution in [0.4, 0.5) is 0 Å². The zero-order valence-electron chi connectivity index (χ0n) is 40.4. The number of phosphoric ester groups is 2. The number of carbonyl (C=O) groups excluding carboxylic acids is 4. The molecule has 384 valence electrons. The molecule has 0 bridgehead atoms. The van der Waals surface area contributed by atoms with Crippen LogP contribution in [0.1, 0.15) is 214 Å². The van der Waals surface area contributed by atoms with Crippen LogP contribution >= 0.6 is 15.6 Å². The monoisotopic (exact) mass is 975 g/mol. The Bertz CT molecular complexity index is 1300. The van der Waals surface area contributed by atoms with E-state index in [0.717, 1.165) is 64.2 Å². The van der Waals surface area contributed by atoms with Crippen molar-refractivity contribution in [2.45, 2.75) is 232 Å². The van der Waals surface area contributed by atoms with Gasteiger partial charge in [-0.15, -0.1) is 0 Å². The highest BCUT2D eigenvalue weighted by Gasteiger charge is 2.30. The topological polar surface area (TPSA) is 237 Å². The van der Waals surface area contributed by atoms with Gasteiger partial charge in [-0.25, -0.2) is 9.13 Å². The highest BCUT2D eigenvalue weighted by atomic mass is 31.2. The van der Waals surface area contributed by atoms with E-state index in [1.807, 2.05) is 6.92 Å². The van der Waals surface area contributed by atoms with Crippen LogP contribution in [-0.2, 0) is 65.4 Å². The van der Waals surface area contributed by atoms with Crippen LogP contribution in [0, 0.1) is 0 Å². The van der Waals surface area contributed by atoms with Gasteiger partial charge in [-0.2, -0.15) is 0 Å². The lowest BCUT2D eigenvalue weighted by atomic mass is 10.0. The van der Waals surface area contributed by atoms with Gasteiger partial charge in [-0.05, 0) is 25.7 Å². The van der Waals surface area contributed by atoms with Crippen LogP contribution in [0.3, 0.4) is 0 Å². The maximum absolute atomic E-state index is 12.7. The number of aliphatic hydroxyl groups excluding tert-OH is 1. The van der Waals surface area contributed by atoms with Gasteiger partial charge in [-0.1, -0.05) is 163 Å². The van der Waals surface area contributed by atoms with E-state index < -0.39 is 97.5 Å². The van der Waals surface area contributed by atoms with Gasteiger partial charge >= 0.3 is 39.5 Å². The van der Waals surface area contributed by atoms with Gasteiger partial charge in [0.15, 0.2) is 12.2 Å². The average Bonchev–Trinajstić information content (AvgIpc) is 3.26. The van der Waals surface area contributed by atoms with Crippen LogP contribution in [0.25, 0.3) is 0 Å². The molecule has 19 heteroatoms. The van der Waals surface area contributed by atoms with Gasteiger partial charge in [0.2, 0.25) is 0 Å². The van der Waals surface area contributed by atoms with Crippen LogP contribution < -0.4 is 0 Å². The van der Waals surface area contributed by atoms with Crippen molar-refractivity contribution in [3.63, 3.8) is 0 Å². The van der Waals surface area contributed by atoms with Gasteiger partial charge in [0.1, 0.15) is 19.3 Å². The smallest absolute Gasteiger partial charge is 0.462 e. The van der Waals surface area contributed by atoms with E-state index in [2.05, 4.69) is 13.8 Å². The van der Waals surface area contributed by atoms with Crippen molar-refractivity contribution in [3.8, 4) is 0 Å². The summed E-state index contributed by atoms with van der Waals surface area (Å²) in [6.07, 6.45) is 22.7. The number of aliphatic hydroxyl groups is 1. The third-order valence-electron chi connectivity index (χ3n) is 10.3. The molecule has 0 spiro atoms. The van der Waals surface area contributed by atoms with Crippen molar-refractivity contribution in [2.24, 2.45) is 0 Å². The predicted molar refractivity (Wildman–Crippen MR) is 248 cm³/mol. The lowest BCUT2D eigenvalue weighted by molar-refractivity contribution is -0.161. The van der Waals surface area contributed by atoms with Crippen molar-refractivity contribution in [1.29, 1.82) is 0 Å². The molecule has 0 heterocycles. The SMILES string of the molecule is CCCCCCCCCCCCCCCCCC(=O)OC[C@H](COP(=O)(O)OC[C@H](O)COP(=O)(O)OC[C@@H](COC(=O)CCCCC)OC(=O)CCC)OC(=O)CCCCCCCC. The quantitative estimate of drug-likeness (QED) is 0.0222.